The average molecular weight is 471 g/mol. The van der Waals surface area contributed by atoms with Crippen molar-refractivity contribution in [3.05, 3.63) is 113 Å². The van der Waals surface area contributed by atoms with Gasteiger partial charge in [0.1, 0.15) is 0 Å². The lowest BCUT2D eigenvalue weighted by Crippen LogP contribution is -2.31. The minimum absolute atomic E-state index is 0.516. The number of methoxy groups -OCH3 is 1. The maximum Gasteiger partial charge on any atom is 0.214 e. The molecule has 36 heavy (non-hydrogen) atoms. The quantitative estimate of drug-likeness (QED) is 0.379. The first-order chi connectivity index (χ1) is 17.5. The number of hydrogen-bond donors (Lipinski definition) is 1. The first kappa shape index (κ1) is 21.8. The minimum atomic E-state index is -1.53. The van der Waals surface area contributed by atoms with E-state index in [9.17, 15) is 10.4 Å². The Morgan fingerprint density at radius 3 is 2.61 bits per heavy atom. The van der Waals surface area contributed by atoms with Gasteiger partial charge in [0.2, 0.25) is 5.88 Å². The van der Waals surface area contributed by atoms with Crippen LogP contribution < -0.4 is 4.74 Å². The Kier molecular flexibility index (Phi) is 4.96. The van der Waals surface area contributed by atoms with Gasteiger partial charge in [0.15, 0.2) is 5.60 Å². The van der Waals surface area contributed by atoms with Gasteiger partial charge in [0, 0.05) is 18.5 Å². The molecule has 0 saturated heterocycles. The molecule has 2 aromatic heterocycles. The van der Waals surface area contributed by atoms with E-state index in [1.165, 1.54) is 0 Å². The van der Waals surface area contributed by atoms with Crippen LogP contribution in [0.2, 0.25) is 0 Å². The molecule has 0 saturated carbocycles. The molecule has 6 rings (SSSR count). The van der Waals surface area contributed by atoms with Gasteiger partial charge < -0.3 is 14.4 Å². The normalized spacial score (nSPS) is 17.1. The van der Waals surface area contributed by atoms with Gasteiger partial charge >= 0.3 is 0 Å². The molecule has 0 aliphatic heterocycles. The molecular weight excluding hydrogens is 448 g/mol. The van der Waals surface area contributed by atoms with E-state index in [-0.39, 0.29) is 0 Å². The molecule has 1 N–H and O–H groups in total. The zero-order valence-electron chi connectivity index (χ0n) is 19.8. The first-order valence-electron chi connectivity index (χ1n) is 11.5. The van der Waals surface area contributed by atoms with E-state index in [2.05, 4.69) is 22.1 Å². The van der Waals surface area contributed by atoms with E-state index in [4.69, 9.17) is 4.74 Å². The molecule has 1 atom stereocenters. The molecule has 0 radical (unpaired) electrons. The van der Waals surface area contributed by atoms with Crippen molar-refractivity contribution in [3.63, 3.8) is 0 Å². The Hall–Kier alpha value is -4.73. The smallest absolute Gasteiger partial charge is 0.214 e. The van der Waals surface area contributed by atoms with Gasteiger partial charge in [-0.05, 0) is 63.7 Å². The van der Waals surface area contributed by atoms with Crippen molar-refractivity contribution in [1.82, 2.24) is 14.5 Å². The highest BCUT2D eigenvalue weighted by Gasteiger charge is 2.37. The summed E-state index contributed by atoms with van der Waals surface area (Å²) in [5, 5.41) is 23.2. The second-order valence-electron chi connectivity index (χ2n) is 8.92. The maximum absolute atomic E-state index is 12.5. The molecule has 0 amide bonds. The minimum Gasteiger partial charge on any atom is -0.481 e. The zero-order valence-corrected chi connectivity index (χ0v) is 19.8. The molecule has 174 valence electrons. The van der Waals surface area contributed by atoms with Crippen molar-refractivity contribution < 1.29 is 9.84 Å². The van der Waals surface area contributed by atoms with Crippen molar-refractivity contribution in [2.75, 3.05) is 7.11 Å². The summed E-state index contributed by atoms with van der Waals surface area (Å²) in [4.78, 5) is 8.95. The predicted molar refractivity (Wildman–Crippen MR) is 139 cm³/mol. The molecule has 5 aromatic rings. The van der Waals surface area contributed by atoms with Gasteiger partial charge in [-0.1, -0.05) is 42.5 Å². The summed E-state index contributed by atoms with van der Waals surface area (Å²) in [6, 6.07) is 23.6. The molecule has 1 unspecified atom stereocenters. The SMILES string of the molecule is COc1cc2c3cc(ccc3n1)C(O)(c1cncn1C)c1ccc(C#N)c(c1)/C=C/c1cccc-2c1. The largest absolute Gasteiger partial charge is 0.481 e. The van der Waals surface area contributed by atoms with Crippen molar-refractivity contribution in [1.29, 1.82) is 5.26 Å². The molecule has 0 spiro atoms. The predicted octanol–water partition coefficient (Wildman–Crippen LogP) is 5.28. The maximum atomic E-state index is 12.5. The summed E-state index contributed by atoms with van der Waals surface area (Å²) in [5.41, 5.74) is 5.34. The van der Waals surface area contributed by atoms with Crippen LogP contribution >= 0.6 is 0 Å². The molecular formula is C30H22N4O2. The highest BCUT2D eigenvalue weighted by Crippen LogP contribution is 2.41. The second kappa shape index (κ2) is 8.19. The summed E-state index contributed by atoms with van der Waals surface area (Å²) in [5.74, 6) is 0.516. The van der Waals surface area contributed by atoms with Gasteiger partial charge in [-0.15, -0.1) is 0 Å². The third-order valence-corrected chi connectivity index (χ3v) is 6.84. The highest BCUT2D eigenvalue weighted by molar-refractivity contribution is 5.96. The molecule has 6 heteroatoms. The molecule has 2 heterocycles. The number of pyridine rings is 1. The summed E-state index contributed by atoms with van der Waals surface area (Å²) >= 11 is 0. The fraction of sp³-hybridized carbons (Fsp3) is 0.100. The highest BCUT2D eigenvalue weighted by atomic mass is 16.5. The van der Waals surface area contributed by atoms with Crippen molar-refractivity contribution in [2.45, 2.75) is 5.60 Å². The molecule has 6 bridgehead atoms. The van der Waals surface area contributed by atoms with Crippen LogP contribution in [-0.2, 0) is 12.6 Å². The lowest BCUT2D eigenvalue weighted by Gasteiger charge is -2.30. The van der Waals surface area contributed by atoms with Gasteiger partial charge in [-0.25, -0.2) is 9.97 Å². The number of aliphatic hydroxyl groups is 1. The summed E-state index contributed by atoms with van der Waals surface area (Å²) in [7, 11) is 3.46. The molecule has 1 aliphatic carbocycles. The number of aromatic nitrogens is 3. The first-order valence-corrected chi connectivity index (χ1v) is 11.5. The monoisotopic (exact) mass is 470 g/mol. The fourth-order valence-electron chi connectivity index (χ4n) is 4.96. The Bertz CT molecular complexity index is 1730. The molecule has 1 aliphatic rings. The van der Waals surface area contributed by atoms with Crippen molar-refractivity contribution >= 4 is 23.1 Å². The standard InChI is InChI=1S/C30H22N4O2/c1-34-18-32-17-28(34)30(35)23-9-8-22(16-31)20(13-23)7-6-19-4-3-5-21(12-19)25-15-29(36-2)33-27-11-10-24(30)14-26(25)27/h3-15,17-18,35H,1-2H3/b7-6+. The van der Waals surface area contributed by atoms with Crippen LogP contribution in [0.1, 0.15) is 33.5 Å². The number of nitriles is 1. The van der Waals surface area contributed by atoms with E-state index < -0.39 is 5.60 Å². The van der Waals surface area contributed by atoms with Gasteiger partial charge in [-0.3, -0.25) is 0 Å². The van der Waals surface area contributed by atoms with Gasteiger partial charge in [0.05, 0.1) is 42.5 Å². The third-order valence-electron chi connectivity index (χ3n) is 6.84. The van der Waals surface area contributed by atoms with Crippen LogP contribution in [0.3, 0.4) is 0 Å². The second-order valence-corrected chi connectivity index (χ2v) is 8.92. The van der Waals surface area contributed by atoms with Crippen LogP contribution in [-0.4, -0.2) is 26.8 Å². The lowest BCUT2D eigenvalue weighted by molar-refractivity contribution is 0.117. The number of hydrogen-bond acceptors (Lipinski definition) is 5. The summed E-state index contributed by atoms with van der Waals surface area (Å²) in [6.45, 7) is 0. The fourth-order valence-corrected chi connectivity index (χ4v) is 4.96. The molecule has 6 nitrogen and oxygen atoms in total. The van der Waals surface area contributed by atoms with Crippen LogP contribution in [0.15, 0.2) is 79.3 Å². The number of nitrogens with zero attached hydrogens (tertiary/aromatic N) is 4. The van der Waals surface area contributed by atoms with E-state index in [0.717, 1.165) is 33.2 Å². The van der Waals surface area contributed by atoms with Gasteiger partial charge in [-0.2, -0.15) is 5.26 Å². The van der Waals surface area contributed by atoms with Crippen molar-refractivity contribution in [3.8, 4) is 23.1 Å². The van der Waals surface area contributed by atoms with Crippen LogP contribution in [0.5, 0.6) is 5.88 Å². The van der Waals surface area contributed by atoms with Gasteiger partial charge in [0.25, 0.3) is 0 Å². The number of benzene rings is 3. The Morgan fingerprint density at radius 1 is 1.00 bits per heavy atom. The van der Waals surface area contributed by atoms with E-state index in [0.29, 0.717) is 28.3 Å². The lowest BCUT2D eigenvalue weighted by atomic mass is 9.81. The number of imidazole rings is 1. The number of ether oxygens (including phenoxy) is 1. The van der Waals surface area contributed by atoms with Crippen molar-refractivity contribution in [2.24, 2.45) is 7.05 Å². The Balaban J connectivity index is 1.77. The molecule has 3 aromatic carbocycles. The Morgan fingerprint density at radius 2 is 1.83 bits per heavy atom. The Labute approximate surface area is 208 Å². The molecule has 0 fully saturated rings. The van der Waals surface area contributed by atoms with Crippen LogP contribution in [0.4, 0.5) is 0 Å². The summed E-state index contributed by atoms with van der Waals surface area (Å²) in [6.07, 6.45) is 7.24. The van der Waals surface area contributed by atoms with E-state index in [1.807, 2.05) is 72.3 Å². The summed E-state index contributed by atoms with van der Waals surface area (Å²) < 4.78 is 7.32. The third kappa shape index (κ3) is 3.29. The zero-order chi connectivity index (χ0) is 24.9. The topological polar surface area (TPSA) is 84.0 Å². The number of fused-ring (bicyclic) bond motifs is 6. The van der Waals surface area contributed by atoms with E-state index in [1.54, 1.807) is 31.8 Å². The van der Waals surface area contributed by atoms with Crippen LogP contribution in [0.25, 0.3) is 34.2 Å². The average Bonchev–Trinajstić information content (AvgIpc) is 3.36. The van der Waals surface area contributed by atoms with E-state index >= 15 is 0 Å². The number of aryl methyl sites for hydroxylation is 1. The number of rotatable bonds is 2. The van der Waals surface area contributed by atoms with Crippen LogP contribution in [0, 0.1) is 11.3 Å².